The maximum Gasteiger partial charge on any atom is 0.189 e. The summed E-state index contributed by atoms with van der Waals surface area (Å²) in [7, 11) is 0. The van der Waals surface area contributed by atoms with Gasteiger partial charge in [-0.15, -0.1) is 0 Å². The third kappa shape index (κ3) is 1.10. The van der Waals surface area contributed by atoms with Crippen LogP contribution in [0.25, 0.3) is 6.08 Å². The van der Waals surface area contributed by atoms with Gasteiger partial charge in [-0.25, -0.2) is 0 Å². The predicted octanol–water partition coefficient (Wildman–Crippen LogP) is 1.65. The van der Waals surface area contributed by atoms with Gasteiger partial charge in [0.2, 0.25) is 0 Å². The molecule has 0 amide bonds. The standard InChI is InChI=1S/C8H10O/c1-5(2)4-7-6(3)8(7)9/h4H,1-3H3. The fourth-order valence-corrected chi connectivity index (χ4v) is 0.739. The van der Waals surface area contributed by atoms with Gasteiger partial charge in [0.25, 0.3) is 0 Å². The van der Waals surface area contributed by atoms with Crippen LogP contribution in [0.15, 0.2) is 10.4 Å². The van der Waals surface area contributed by atoms with Crippen molar-refractivity contribution in [2.75, 3.05) is 0 Å². The largest absolute Gasteiger partial charge is 0.289 e. The Morgan fingerprint density at radius 1 is 1.44 bits per heavy atom. The van der Waals surface area contributed by atoms with Crippen LogP contribution in [0.3, 0.4) is 0 Å². The third-order valence-corrected chi connectivity index (χ3v) is 1.36. The summed E-state index contributed by atoms with van der Waals surface area (Å²) < 4.78 is 0. The average molecular weight is 122 g/mol. The van der Waals surface area contributed by atoms with Crippen molar-refractivity contribution in [3.8, 4) is 0 Å². The summed E-state index contributed by atoms with van der Waals surface area (Å²) in [4.78, 5) is 10.6. The lowest BCUT2D eigenvalue weighted by atomic mass is 10.3. The summed E-state index contributed by atoms with van der Waals surface area (Å²) in [5, 5.41) is 0. The van der Waals surface area contributed by atoms with Crippen LogP contribution in [0, 0.1) is 6.92 Å². The van der Waals surface area contributed by atoms with Crippen LogP contribution in [0.5, 0.6) is 0 Å². The van der Waals surface area contributed by atoms with E-state index in [-0.39, 0.29) is 5.43 Å². The molecule has 1 heteroatoms. The molecule has 1 nitrogen and oxygen atoms in total. The van der Waals surface area contributed by atoms with Crippen molar-refractivity contribution in [2.45, 2.75) is 20.8 Å². The smallest absolute Gasteiger partial charge is 0.189 e. The van der Waals surface area contributed by atoms with E-state index in [1.165, 1.54) is 5.57 Å². The van der Waals surface area contributed by atoms with Gasteiger partial charge in [0.1, 0.15) is 0 Å². The molecule has 0 saturated heterocycles. The summed E-state index contributed by atoms with van der Waals surface area (Å²) in [6.07, 6.45) is 1.93. The predicted molar refractivity (Wildman–Crippen MR) is 39.1 cm³/mol. The Labute approximate surface area is 54.7 Å². The van der Waals surface area contributed by atoms with E-state index >= 15 is 0 Å². The second kappa shape index (κ2) is 1.83. The van der Waals surface area contributed by atoms with Gasteiger partial charge >= 0.3 is 0 Å². The Hall–Kier alpha value is -0.850. The number of hydrogen-bond acceptors (Lipinski definition) is 1. The van der Waals surface area contributed by atoms with Gasteiger partial charge < -0.3 is 0 Å². The van der Waals surface area contributed by atoms with Gasteiger partial charge in [0.15, 0.2) is 5.43 Å². The zero-order valence-corrected chi connectivity index (χ0v) is 5.99. The zero-order chi connectivity index (χ0) is 7.02. The van der Waals surface area contributed by atoms with Crippen molar-refractivity contribution in [3.63, 3.8) is 0 Å². The summed E-state index contributed by atoms with van der Waals surface area (Å²) in [6, 6.07) is 0. The Kier molecular flexibility index (Phi) is 1.28. The van der Waals surface area contributed by atoms with Gasteiger partial charge in [-0.1, -0.05) is 11.6 Å². The lowest BCUT2D eigenvalue weighted by Gasteiger charge is -1.78. The SMILES string of the molecule is CC(C)=Cc1c(C)c1=O. The molecule has 0 N–H and O–H groups in total. The molecule has 48 valence electrons. The molecule has 1 aromatic carbocycles. The molecule has 0 bridgehead atoms. The first-order valence-electron chi connectivity index (χ1n) is 3.03. The third-order valence-electron chi connectivity index (χ3n) is 1.36. The van der Waals surface area contributed by atoms with Crippen molar-refractivity contribution in [2.24, 2.45) is 0 Å². The van der Waals surface area contributed by atoms with Gasteiger partial charge in [-0.2, -0.15) is 0 Å². The fourth-order valence-electron chi connectivity index (χ4n) is 0.739. The molecule has 0 radical (unpaired) electrons. The van der Waals surface area contributed by atoms with Gasteiger partial charge in [-0.05, 0) is 20.8 Å². The first kappa shape index (κ1) is 6.27. The Morgan fingerprint density at radius 3 is 2.00 bits per heavy atom. The van der Waals surface area contributed by atoms with E-state index in [0.717, 1.165) is 11.1 Å². The van der Waals surface area contributed by atoms with Gasteiger partial charge in [0, 0.05) is 11.1 Å². The normalized spacial score (nSPS) is 10.1. The molecular formula is C8H10O. The Morgan fingerprint density at radius 2 is 1.89 bits per heavy atom. The van der Waals surface area contributed by atoms with Crippen molar-refractivity contribution in [1.82, 2.24) is 0 Å². The quantitative estimate of drug-likeness (QED) is 0.553. The van der Waals surface area contributed by atoms with Crippen molar-refractivity contribution in [1.29, 1.82) is 0 Å². The maximum atomic E-state index is 10.6. The van der Waals surface area contributed by atoms with Crippen molar-refractivity contribution in [3.05, 3.63) is 26.9 Å². The first-order chi connectivity index (χ1) is 4.13. The average Bonchev–Trinajstić information content (AvgIpc) is 2.22. The van der Waals surface area contributed by atoms with Crippen LogP contribution in [-0.2, 0) is 0 Å². The topological polar surface area (TPSA) is 17.1 Å². The van der Waals surface area contributed by atoms with Crippen LogP contribution in [0.4, 0.5) is 0 Å². The fraction of sp³-hybridized carbons (Fsp3) is 0.375. The maximum absolute atomic E-state index is 10.6. The summed E-state index contributed by atoms with van der Waals surface area (Å²) in [5.41, 5.74) is 3.26. The molecule has 0 aliphatic carbocycles. The molecule has 0 spiro atoms. The van der Waals surface area contributed by atoms with Crippen molar-refractivity contribution >= 4 is 6.08 Å². The summed E-state index contributed by atoms with van der Waals surface area (Å²) in [6.45, 7) is 5.84. The van der Waals surface area contributed by atoms with E-state index in [1.807, 2.05) is 26.8 Å². The van der Waals surface area contributed by atoms with E-state index < -0.39 is 0 Å². The molecule has 1 rings (SSSR count). The lowest BCUT2D eigenvalue weighted by Crippen LogP contribution is -1.73. The van der Waals surface area contributed by atoms with Crippen LogP contribution in [0.1, 0.15) is 25.0 Å². The van der Waals surface area contributed by atoms with E-state index in [0.29, 0.717) is 0 Å². The van der Waals surface area contributed by atoms with E-state index in [4.69, 9.17) is 0 Å². The summed E-state index contributed by atoms with van der Waals surface area (Å²) >= 11 is 0. The first-order valence-corrected chi connectivity index (χ1v) is 3.03. The highest BCUT2D eigenvalue weighted by molar-refractivity contribution is 5.63. The minimum Gasteiger partial charge on any atom is -0.289 e. The van der Waals surface area contributed by atoms with E-state index in [9.17, 15) is 4.79 Å². The second-order valence-electron chi connectivity index (χ2n) is 2.59. The van der Waals surface area contributed by atoms with Crippen LogP contribution in [-0.4, -0.2) is 0 Å². The molecular weight excluding hydrogens is 112 g/mol. The Bertz CT molecular complexity index is 255. The molecule has 9 heavy (non-hydrogen) atoms. The second-order valence-corrected chi connectivity index (χ2v) is 2.59. The van der Waals surface area contributed by atoms with Crippen LogP contribution < -0.4 is 5.43 Å². The summed E-state index contributed by atoms with van der Waals surface area (Å²) in [5.74, 6) is 0. The van der Waals surface area contributed by atoms with E-state index in [2.05, 4.69) is 0 Å². The zero-order valence-electron chi connectivity index (χ0n) is 5.99. The highest BCUT2D eigenvalue weighted by Gasteiger charge is 2.12. The van der Waals surface area contributed by atoms with Gasteiger partial charge in [0.05, 0.1) is 0 Å². The lowest BCUT2D eigenvalue weighted by molar-refractivity contribution is 1.43. The highest BCUT2D eigenvalue weighted by Crippen LogP contribution is 2.10. The molecule has 1 aromatic rings. The Balaban J connectivity index is 2.83. The van der Waals surface area contributed by atoms with Crippen molar-refractivity contribution < 1.29 is 0 Å². The van der Waals surface area contributed by atoms with Crippen LogP contribution >= 0.6 is 0 Å². The highest BCUT2D eigenvalue weighted by atomic mass is 16.1. The number of hydrogen-bond donors (Lipinski definition) is 0. The molecule has 0 aliphatic heterocycles. The van der Waals surface area contributed by atoms with Gasteiger partial charge in [-0.3, -0.25) is 4.79 Å². The monoisotopic (exact) mass is 122 g/mol. The van der Waals surface area contributed by atoms with E-state index in [1.54, 1.807) is 0 Å². The molecule has 0 unspecified atom stereocenters. The minimum atomic E-state index is 0.233. The van der Waals surface area contributed by atoms with Crippen LogP contribution in [0.2, 0.25) is 0 Å². The molecule has 0 saturated carbocycles. The number of allylic oxidation sites excluding steroid dienone is 1. The molecule has 0 aliphatic rings. The number of rotatable bonds is 1. The molecule has 0 atom stereocenters. The molecule has 0 heterocycles. The molecule has 0 aromatic heterocycles. The minimum absolute atomic E-state index is 0.233. The molecule has 0 fully saturated rings.